The maximum atomic E-state index is 12.6. The Morgan fingerprint density at radius 1 is 0.647 bits per heavy atom. The van der Waals surface area contributed by atoms with E-state index in [1.54, 1.807) is 0 Å². The van der Waals surface area contributed by atoms with Crippen LogP contribution >= 0.6 is 7.82 Å². The number of ether oxygens (including phenoxy) is 2. The number of phosphoric acid groups is 1. The second kappa shape index (κ2) is 36.0. The first-order chi connectivity index (χ1) is 24.7. The number of carboxylic acids is 1. The van der Waals surface area contributed by atoms with Crippen molar-refractivity contribution in [1.29, 1.82) is 0 Å². The predicted octanol–water partition coefficient (Wildman–Crippen LogP) is 10.1. The zero-order valence-corrected chi connectivity index (χ0v) is 32.6. The van der Waals surface area contributed by atoms with Crippen molar-refractivity contribution < 1.29 is 42.7 Å². The molecule has 0 amide bonds. The van der Waals surface area contributed by atoms with E-state index >= 15 is 0 Å². The maximum Gasteiger partial charge on any atom is 0.472 e. The van der Waals surface area contributed by atoms with Crippen molar-refractivity contribution in [3.05, 3.63) is 60.8 Å². The van der Waals surface area contributed by atoms with Crippen molar-refractivity contribution in [3.63, 3.8) is 0 Å². The summed E-state index contributed by atoms with van der Waals surface area (Å²) in [5, 5.41) is 8.85. The van der Waals surface area contributed by atoms with Crippen molar-refractivity contribution in [2.45, 2.75) is 154 Å². The number of carboxylic acid groups (broad SMARTS) is 1. The van der Waals surface area contributed by atoms with Crippen molar-refractivity contribution in [2.75, 3.05) is 26.4 Å². The first kappa shape index (κ1) is 48.7. The van der Waals surface area contributed by atoms with Crippen molar-refractivity contribution in [3.8, 4) is 0 Å². The Labute approximate surface area is 309 Å². The van der Waals surface area contributed by atoms with Gasteiger partial charge in [0.2, 0.25) is 0 Å². The number of phosphoric ester groups is 1. The molecule has 0 aromatic heterocycles. The fourth-order valence-corrected chi connectivity index (χ4v) is 5.58. The van der Waals surface area contributed by atoms with Crippen LogP contribution in [-0.4, -0.2) is 60.5 Å². The normalized spacial score (nSPS) is 14.7. The number of nitrogens with two attached hydrogens (primary N) is 1. The fraction of sp³-hybridized carbons (Fsp3) is 0.700. The van der Waals surface area contributed by atoms with E-state index in [1.165, 1.54) is 32.1 Å². The van der Waals surface area contributed by atoms with Crippen LogP contribution < -0.4 is 5.73 Å². The summed E-state index contributed by atoms with van der Waals surface area (Å²) in [6, 6.07) is -1.48. The molecule has 3 unspecified atom stereocenters. The number of allylic oxidation sites excluding steroid dienone is 10. The molecule has 0 aromatic carbocycles. The third-order valence-electron chi connectivity index (χ3n) is 7.81. The zero-order valence-electron chi connectivity index (χ0n) is 31.7. The van der Waals surface area contributed by atoms with Crippen LogP contribution in [0.3, 0.4) is 0 Å². The minimum absolute atomic E-state index is 0.00663. The lowest BCUT2D eigenvalue weighted by Gasteiger charge is -2.20. The third kappa shape index (κ3) is 35.8. The summed E-state index contributed by atoms with van der Waals surface area (Å²) in [6.07, 6.45) is 41.4. The molecule has 0 spiro atoms. The fourth-order valence-electron chi connectivity index (χ4n) is 4.80. The smallest absolute Gasteiger partial charge is 0.472 e. The van der Waals surface area contributed by atoms with E-state index in [4.69, 9.17) is 24.8 Å². The van der Waals surface area contributed by atoms with E-state index in [2.05, 4.69) is 79.1 Å². The van der Waals surface area contributed by atoms with E-state index in [0.717, 1.165) is 83.5 Å². The summed E-state index contributed by atoms with van der Waals surface area (Å²) in [4.78, 5) is 33.3. The van der Waals surface area contributed by atoms with Crippen LogP contribution in [0.1, 0.15) is 142 Å². The van der Waals surface area contributed by atoms with E-state index in [-0.39, 0.29) is 13.0 Å². The molecule has 294 valence electrons. The summed E-state index contributed by atoms with van der Waals surface area (Å²) < 4.78 is 33.1. The minimum Gasteiger partial charge on any atom is -0.480 e. The Balaban J connectivity index is 4.26. The molecule has 0 aliphatic heterocycles. The van der Waals surface area contributed by atoms with Crippen LogP contribution in [0.4, 0.5) is 0 Å². The number of rotatable bonds is 36. The summed E-state index contributed by atoms with van der Waals surface area (Å²) in [5.74, 6) is -1.80. The van der Waals surface area contributed by atoms with Crippen molar-refractivity contribution in [2.24, 2.45) is 5.73 Å². The molecule has 0 aliphatic carbocycles. The van der Waals surface area contributed by atoms with Gasteiger partial charge in [-0.2, -0.15) is 0 Å². The number of carbonyl (C=O) groups is 2. The second-order valence-electron chi connectivity index (χ2n) is 12.7. The molecule has 4 N–H and O–H groups in total. The highest BCUT2D eigenvalue weighted by atomic mass is 31.2. The lowest BCUT2D eigenvalue weighted by molar-refractivity contribution is -0.154. The van der Waals surface area contributed by atoms with Crippen LogP contribution in [0.2, 0.25) is 0 Å². The van der Waals surface area contributed by atoms with Gasteiger partial charge in [0.1, 0.15) is 12.1 Å². The maximum absolute atomic E-state index is 12.6. The average molecular weight is 740 g/mol. The first-order valence-electron chi connectivity index (χ1n) is 19.3. The average Bonchev–Trinajstić information content (AvgIpc) is 3.10. The molecule has 3 atom stereocenters. The van der Waals surface area contributed by atoms with Crippen LogP contribution in [-0.2, 0) is 32.7 Å². The van der Waals surface area contributed by atoms with Gasteiger partial charge in [-0.1, -0.05) is 139 Å². The molecule has 0 aromatic rings. The number of hydrogen-bond donors (Lipinski definition) is 3. The number of hydrogen-bond acceptors (Lipinski definition) is 8. The van der Waals surface area contributed by atoms with E-state index < -0.39 is 45.1 Å². The monoisotopic (exact) mass is 739 g/mol. The number of unbranched alkanes of at least 4 members (excludes halogenated alkanes) is 12. The molecule has 0 saturated carbocycles. The number of carbonyl (C=O) groups excluding carboxylic acids is 1. The Bertz CT molecular complexity index is 1040. The van der Waals surface area contributed by atoms with Crippen LogP contribution in [0.25, 0.3) is 0 Å². The Morgan fingerprint density at radius 3 is 1.71 bits per heavy atom. The first-order valence-corrected chi connectivity index (χ1v) is 20.8. The summed E-state index contributed by atoms with van der Waals surface area (Å²) in [7, 11) is -4.61. The minimum atomic E-state index is -4.61. The van der Waals surface area contributed by atoms with E-state index in [9.17, 15) is 19.0 Å². The molecule has 11 heteroatoms. The quantitative estimate of drug-likeness (QED) is 0.0245. The van der Waals surface area contributed by atoms with Gasteiger partial charge in [-0.05, 0) is 57.8 Å². The summed E-state index contributed by atoms with van der Waals surface area (Å²) >= 11 is 0. The second-order valence-corrected chi connectivity index (χ2v) is 14.1. The molecule has 0 radical (unpaired) electrons. The molecule has 0 saturated heterocycles. The lowest BCUT2D eigenvalue weighted by atomic mass is 10.1. The van der Waals surface area contributed by atoms with E-state index in [1.807, 2.05) is 0 Å². The molecule has 10 nitrogen and oxygen atoms in total. The Kier molecular flexibility index (Phi) is 34.4. The summed E-state index contributed by atoms with van der Waals surface area (Å²) in [6.45, 7) is 3.69. The van der Waals surface area contributed by atoms with Gasteiger partial charge in [0.15, 0.2) is 0 Å². The van der Waals surface area contributed by atoms with Gasteiger partial charge in [-0.25, -0.2) is 4.57 Å². The standard InChI is InChI=1S/C40H70NO9P/c1-3-5-7-9-11-13-14-15-16-17-18-19-20-21-22-23-24-25-26-28-30-32-39(42)50-37(34-47-33-31-29-27-12-10-8-6-4-2)35-48-51(45,46)49-36-38(41)40(43)44/h5,7,11,13,15-16,18-19,21-22,37-38H,3-4,6,8-10,12,14,17,20,23-36,41H2,1-2H3,(H,43,44)(H,45,46)/b7-5-,13-11-,16-15-,19-18-,22-21-. The predicted molar refractivity (Wildman–Crippen MR) is 207 cm³/mol. The van der Waals surface area contributed by atoms with Crippen molar-refractivity contribution in [1.82, 2.24) is 0 Å². The van der Waals surface area contributed by atoms with Gasteiger partial charge in [0.25, 0.3) is 0 Å². The SMILES string of the molecule is CC/C=C\C/C=C\C/C=C\C/C=C\C/C=C\CCCCCCCC(=O)OC(COCCCCCCCCCC)COP(=O)(O)OCC(N)C(=O)O. The topological polar surface area (TPSA) is 155 Å². The molecular weight excluding hydrogens is 669 g/mol. The molecule has 51 heavy (non-hydrogen) atoms. The van der Waals surface area contributed by atoms with Gasteiger partial charge in [-0.15, -0.1) is 0 Å². The molecule has 0 aliphatic rings. The van der Waals surface area contributed by atoms with Crippen LogP contribution in [0.15, 0.2) is 60.8 Å². The highest BCUT2D eigenvalue weighted by molar-refractivity contribution is 7.47. The highest BCUT2D eigenvalue weighted by Gasteiger charge is 2.27. The zero-order chi connectivity index (χ0) is 37.7. The lowest BCUT2D eigenvalue weighted by Crippen LogP contribution is -2.34. The Morgan fingerprint density at radius 2 is 1.14 bits per heavy atom. The van der Waals surface area contributed by atoms with Gasteiger partial charge in [0.05, 0.1) is 19.8 Å². The number of esters is 1. The van der Waals surface area contributed by atoms with E-state index in [0.29, 0.717) is 13.0 Å². The third-order valence-corrected chi connectivity index (χ3v) is 8.76. The van der Waals surface area contributed by atoms with Gasteiger partial charge >= 0.3 is 19.8 Å². The largest absolute Gasteiger partial charge is 0.480 e. The van der Waals surface area contributed by atoms with Gasteiger partial charge in [0, 0.05) is 13.0 Å². The van der Waals surface area contributed by atoms with Gasteiger partial charge < -0.3 is 25.2 Å². The highest BCUT2D eigenvalue weighted by Crippen LogP contribution is 2.43. The van der Waals surface area contributed by atoms with Gasteiger partial charge in [-0.3, -0.25) is 18.6 Å². The molecule has 0 heterocycles. The number of aliphatic carboxylic acids is 1. The van der Waals surface area contributed by atoms with Crippen molar-refractivity contribution >= 4 is 19.8 Å². The summed E-state index contributed by atoms with van der Waals surface area (Å²) in [5.41, 5.74) is 5.33. The Hall–Kier alpha value is -2.33. The molecule has 0 rings (SSSR count). The molecular formula is C40H70NO9P. The molecule has 0 fully saturated rings. The van der Waals surface area contributed by atoms with Crippen LogP contribution in [0.5, 0.6) is 0 Å². The van der Waals surface area contributed by atoms with Crippen LogP contribution in [0, 0.1) is 0 Å². The molecule has 0 bridgehead atoms.